The van der Waals surface area contributed by atoms with E-state index in [-0.39, 0.29) is 0 Å². The number of hydrogen-bond acceptors (Lipinski definition) is 2. The van der Waals surface area contributed by atoms with Crippen molar-refractivity contribution >= 4 is 0 Å². The molecule has 0 saturated carbocycles. The summed E-state index contributed by atoms with van der Waals surface area (Å²) < 4.78 is 5.26. The zero-order valence-electron chi connectivity index (χ0n) is 8.81. The van der Waals surface area contributed by atoms with Gasteiger partial charge in [-0.15, -0.1) is 0 Å². The molecular formula is C13H15NO. The van der Waals surface area contributed by atoms with E-state index in [1.54, 1.807) is 6.26 Å². The zero-order valence-corrected chi connectivity index (χ0v) is 8.81. The van der Waals surface area contributed by atoms with Gasteiger partial charge in [0.2, 0.25) is 0 Å². The van der Waals surface area contributed by atoms with E-state index in [1.807, 2.05) is 18.2 Å². The van der Waals surface area contributed by atoms with Gasteiger partial charge in [-0.3, -0.25) is 0 Å². The fraction of sp³-hybridized carbons (Fsp3) is 0.231. The van der Waals surface area contributed by atoms with Crippen LogP contribution in [0.2, 0.25) is 0 Å². The second-order valence-electron chi connectivity index (χ2n) is 3.59. The Morgan fingerprint density at radius 2 is 1.93 bits per heavy atom. The molecule has 1 aromatic carbocycles. The normalized spacial score (nSPS) is 12.6. The first-order chi connectivity index (χ1) is 7.36. The second kappa shape index (κ2) is 4.80. The average Bonchev–Trinajstić information content (AvgIpc) is 2.80. The van der Waals surface area contributed by atoms with E-state index >= 15 is 0 Å². The van der Waals surface area contributed by atoms with Gasteiger partial charge in [0.15, 0.2) is 0 Å². The van der Waals surface area contributed by atoms with Gasteiger partial charge in [0.25, 0.3) is 0 Å². The first-order valence-corrected chi connectivity index (χ1v) is 5.17. The van der Waals surface area contributed by atoms with Crippen molar-refractivity contribution in [3.8, 4) is 0 Å². The number of hydrogen-bond donors (Lipinski definition) is 1. The monoisotopic (exact) mass is 201 g/mol. The Hall–Kier alpha value is -1.54. The lowest BCUT2D eigenvalue weighted by atomic mass is 10.1. The second-order valence-corrected chi connectivity index (χ2v) is 3.59. The van der Waals surface area contributed by atoms with Gasteiger partial charge < -0.3 is 9.73 Å². The van der Waals surface area contributed by atoms with Gasteiger partial charge in [0.1, 0.15) is 5.76 Å². The van der Waals surface area contributed by atoms with Crippen molar-refractivity contribution in [3.05, 3.63) is 60.1 Å². The summed E-state index contributed by atoms with van der Waals surface area (Å²) >= 11 is 0. The van der Waals surface area contributed by atoms with Gasteiger partial charge >= 0.3 is 0 Å². The topological polar surface area (TPSA) is 25.2 Å². The largest absolute Gasteiger partial charge is 0.468 e. The summed E-state index contributed by atoms with van der Waals surface area (Å²) in [6.45, 7) is 2.92. The van der Waals surface area contributed by atoms with Crippen LogP contribution in [0.15, 0.2) is 53.1 Å². The van der Waals surface area contributed by atoms with Gasteiger partial charge in [-0.2, -0.15) is 0 Å². The Bertz CT molecular complexity index is 380. The summed E-state index contributed by atoms with van der Waals surface area (Å²) in [5.74, 6) is 0.970. The van der Waals surface area contributed by atoms with E-state index in [2.05, 4.69) is 36.5 Å². The molecule has 0 aliphatic carbocycles. The highest BCUT2D eigenvalue weighted by atomic mass is 16.3. The van der Waals surface area contributed by atoms with Crippen LogP contribution in [0.25, 0.3) is 0 Å². The molecule has 1 atom stereocenters. The van der Waals surface area contributed by atoms with Crippen molar-refractivity contribution < 1.29 is 4.42 Å². The van der Waals surface area contributed by atoms with E-state index in [1.165, 1.54) is 5.56 Å². The van der Waals surface area contributed by atoms with Crippen LogP contribution in [0.5, 0.6) is 0 Å². The third kappa shape index (κ3) is 2.70. The molecule has 2 rings (SSSR count). The fourth-order valence-corrected chi connectivity index (χ4v) is 1.53. The third-order valence-corrected chi connectivity index (χ3v) is 2.46. The SMILES string of the molecule is C[C@H](NCc1ccco1)c1ccccc1. The molecule has 0 fully saturated rings. The van der Waals surface area contributed by atoms with Crippen molar-refractivity contribution in [2.24, 2.45) is 0 Å². The predicted octanol–water partition coefficient (Wildman–Crippen LogP) is 3.13. The van der Waals surface area contributed by atoms with Crippen LogP contribution >= 0.6 is 0 Å². The van der Waals surface area contributed by atoms with Gasteiger partial charge in [-0.05, 0) is 24.6 Å². The lowest BCUT2D eigenvalue weighted by Crippen LogP contribution is -2.17. The number of benzene rings is 1. The van der Waals surface area contributed by atoms with Gasteiger partial charge in [-0.1, -0.05) is 30.3 Å². The van der Waals surface area contributed by atoms with Crippen molar-refractivity contribution in [1.29, 1.82) is 0 Å². The maximum Gasteiger partial charge on any atom is 0.117 e. The van der Waals surface area contributed by atoms with Crippen molar-refractivity contribution in [3.63, 3.8) is 0 Å². The maximum absolute atomic E-state index is 5.26. The smallest absolute Gasteiger partial charge is 0.117 e. The predicted molar refractivity (Wildman–Crippen MR) is 60.4 cm³/mol. The zero-order chi connectivity index (χ0) is 10.5. The molecule has 0 bridgehead atoms. The molecule has 0 spiro atoms. The first kappa shape index (κ1) is 9.99. The molecule has 2 nitrogen and oxygen atoms in total. The first-order valence-electron chi connectivity index (χ1n) is 5.17. The van der Waals surface area contributed by atoms with Crippen LogP contribution in [0.3, 0.4) is 0 Å². The standard InChI is InChI=1S/C13H15NO/c1-11(12-6-3-2-4-7-12)14-10-13-8-5-9-15-13/h2-9,11,14H,10H2,1H3/t11-/m0/s1. The van der Waals surface area contributed by atoms with Gasteiger partial charge in [0, 0.05) is 6.04 Å². The molecule has 15 heavy (non-hydrogen) atoms. The fourth-order valence-electron chi connectivity index (χ4n) is 1.53. The molecule has 78 valence electrons. The Labute approximate surface area is 89.9 Å². The summed E-state index contributed by atoms with van der Waals surface area (Å²) in [6.07, 6.45) is 1.70. The Balaban J connectivity index is 1.90. The van der Waals surface area contributed by atoms with Crippen molar-refractivity contribution in [2.75, 3.05) is 0 Å². The molecule has 2 heteroatoms. The van der Waals surface area contributed by atoms with E-state index in [4.69, 9.17) is 4.42 Å². The van der Waals surface area contributed by atoms with E-state index in [0.29, 0.717) is 6.04 Å². The van der Waals surface area contributed by atoms with Crippen LogP contribution in [0, 0.1) is 0 Å². The summed E-state index contributed by atoms with van der Waals surface area (Å²) in [4.78, 5) is 0. The highest BCUT2D eigenvalue weighted by molar-refractivity contribution is 5.18. The van der Waals surface area contributed by atoms with Crippen molar-refractivity contribution in [1.82, 2.24) is 5.32 Å². The lowest BCUT2D eigenvalue weighted by molar-refractivity contribution is 0.460. The van der Waals surface area contributed by atoms with E-state index in [0.717, 1.165) is 12.3 Å². The Kier molecular flexibility index (Phi) is 3.20. The van der Waals surface area contributed by atoms with Crippen LogP contribution in [0.1, 0.15) is 24.3 Å². The average molecular weight is 201 g/mol. The molecule has 1 N–H and O–H groups in total. The van der Waals surface area contributed by atoms with Crippen molar-refractivity contribution in [2.45, 2.75) is 19.5 Å². The molecule has 0 amide bonds. The third-order valence-electron chi connectivity index (χ3n) is 2.46. The summed E-state index contributed by atoms with van der Waals surface area (Å²) in [5, 5.41) is 3.41. The Morgan fingerprint density at radius 3 is 2.60 bits per heavy atom. The summed E-state index contributed by atoms with van der Waals surface area (Å²) in [7, 11) is 0. The molecule has 0 unspecified atom stereocenters. The van der Waals surface area contributed by atoms with E-state index < -0.39 is 0 Å². The highest BCUT2D eigenvalue weighted by Crippen LogP contribution is 2.12. The molecule has 2 aromatic rings. The lowest BCUT2D eigenvalue weighted by Gasteiger charge is -2.12. The number of furan rings is 1. The van der Waals surface area contributed by atoms with Crippen LogP contribution < -0.4 is 5.32 Å². The van der Waals surface area contributed by atoms with Gasteiger partial charge in [-0.25, -0.2) is 0 Å². The molecule has 0 aliphatic heterocycles. The molecule has 0 radical (unpaired) electrons. The molecule has 0 aliphatic rings. The highest BCUT2D eigenvalue weighted by Gasteiger charge is 2.04. The molecular weight excluding hydrogens is 186 g/mol. The number of rotatable bonds is 4. The Morgan fingerprint density at radius 1 is 1.13 bits per heavy atom. The molecule has 1 aromatic heterocycles. The quantitative estimate of drug-likeness (QED) is 0.822. The summed E-state index contributed by atoms with van der Waals surface area (Å²) in [6, 6.07) is 14.6. The van der Waals surface area contributed by atoms with Gasteiger partial charge in [0.05, 0.1) is 12.8 Å². The minimum Gasteiger partial charge on any atom is -0.468 e. The van der Waals surface area contributed by atoms with Crippen LogP contribution in [0.4, 0.5) is 0 Å². The van der Waals surface area contributed by atoms with E-state index in [9.17, 15) is 0 Å². The minimum atomic E-state index is 0.344. The molecule has 0 saturated heterocycles. The number of nitrogens with one attached hydrogen (secondary N) is 1. The molecule has 1 heterocycles. The van der Waals surface area contributed by atoms with Crippen LogP contribution in [-0.2, 0) is 6.54 Å². The maximum atomic E-state index is 5.26. The van der Waals surface area contributed by atoms with Crippen LogP contribution in [-0.4, -0.2) is 0 Å². The minimum absolute atomic E-state index is 0.344. The summed E-state index contributed by atoms with van der Waals surface area (Å²) in [5.41, 5.74) is 1.30.